The predicted octanol–water partition coefficient (Wildman–Crippen LogP) is 2.46. The van der Waals surface area contributed by atoms with Crippen LogP contribution in [0.1, 0.15) is 36.4 Å². The van der Waals surface area contributed by atoms with Crippen LogP contribution in [0.15, 0.2) is 17.5 Å². The Bertz CT molecular complexity index is 375. The Morgan fingerprint density at radius 3 is 2.71 bits per heavy atom. The number of amides is 1. The van der Waals surface area contributed by atoms with Gasteiger partial charge in [-0.3, -0.25) is 9.59 Å². The van der Waals surface area contributed by atoms with Gasteiger partial charge in [0.05, 0.1) is 11.3 Å². The van der Waals surface area contributed by atoms with E-state index in [9.17, 15) is 9.59 Å². The van der Waals surface area contributed by atoms with Gasteiger partial charge in [0, 0.05) is 12.6 Å². The van der Waals surface area contributed by atoms with Gasteiger partial charge in [0.2, 0.25) is 0 Å². The molecule has 0 aromatic carbocycles. The first-order chi connectivity index (χ1) is 8.06. The third-order valence-corrected chi connectivity index (χ3v) is 3.54. The predicted molar refractivity (Wildman–Crippen MR) is 67.4 cm³/mol. The molecule has 0 spiro atoms. The first kappa shape index (κ1) is 13.7. The Balaban J connectivity index is 2.75. The fraction of sp³-hybridized carbons (Fsp3) is 0.500. The number of carbonyl (C=O) groups excluding carboxylic acids is 1. The summed E-state index contributed by atoms with van der Waals surface area (Å²) in [4.78, 5) is 25.1. The van der Waals surface area contributed by atoms with E-state index in [1.54, 1.807) is 11.0 Å². The van der Waals surface area contributed by atoms with Crippen LogP contribution in [0.5, 0.6) is 0 Å². The summed E-state index contributed by atoms with van der Waals surface area (Å²) >= 11 is 1.38. The van der Waals surface area contributed by atoms with Crippen molar-refractivity contribution in [1.29, 1.82) is 0 Å². The second kappa shape index (κ2) is 6.39. The molecule has 1 unspecified atom stereocenters. The normalized spacial score (nSPS) is 12.1. The molecular weight excluding hydrogens is 238 g/mol. The van der Waals surface area contributed by atoms with Crippen molar-refractivity contribution in [3.63, 3.8) is 0 Å². The summed E-state index contributed by atoms with van der Waals surface area (Å²) in [5.41, 5.74) is 0. The second-order valence-corrected chi connectivity index (χ2v) is 4.82. The molecule has 0 aliphatic carbocycles. The summed E-state index contributed by atoms with van der Waals surface area (Å²) in [6.07, 6.45) is 0.804. The summed E-state index contributed by atoms with van der Waals surface area (Å²) in [5, 5.41) is 10.5. The van der Waals surface area contributed by atoms with Gasteiger partial charge in [0.1, 0.15) is 0 Å². The molecule has 0 fully saturated rings. The van der Waals surface area contributed by atoms with E-state index >= 15 is 0 Å². The van der Waals surface area contributed by atoms with Gasteiger partial charge < -0.3 is 10.0 Å². The van der Waals surface area contributed by atoms with Crippen LogP contribution in [-0.2, 0) is 4.79 Å². The van der Waals surface area contributed by atoms with Crippen LogP contribution in [-0.4, -0.2) is 34.5 Å². The molecule has 0 aliphatic rings. The molecule has 4 nitrogen and oxygen atoms in total. The Morgan fingerprint density at radius 1 is 1.53 bits per heavy atom. The lowest BCUT2D eigenvalue weighted by Gasteiger charge is -2.27. The first-order valence-corrected chi connectivity index (χ1v) is 6.50. The third kappa shape index (κ3) is 3.85. The smallest absolute Gasteiger partial charge is 0.305 e. The van der Waals surface area contributed by atoms with E-state index in [0.29, 0.717) is 4.88 Å². The Morgan fingerprint density at radius 2 is 2.24 bits per heavy atom. The van der Waals surface area contributed by atoms with Crippen LogP contribution in [0.2, 0.25) is 0 Å². The van der Waals surface area contributed by atoms with Gasteiger partial charge >= 0.3 is 5.97 Å². The quantitative estimate of drug-likeness (QED) is 0.849. The molecule has 0 radical (unpaired) electrons. The molecule has 0 aliphatic heterocycles. The van der Waals surface area contributed by atoms with Gasteiger partial charge in [-0.2, -0.15) is 0 Å². The van der Waals surface area contributed by atoms with Gasteiger partial charge in [0.15, 0.2) is 0 Å². The minimum absolute atomic E-state index is 0.0124. The summed E-state index contributed by atoms with van der Waals surface area (Å²) in [6, 6.07) is 3.65. The van der Waals surface area contributed by atoms with Gasteiger partial charge in [-0.1, -0.05) is 13.0 Å². The number of aliphatic carboxylic acids is 1. The van der Waals surface area contributed by atoms with Crippen LogP contribution >= 0.6 is 11.3 Å². The molecule has 1 rings (SSSR count). The number of hydrogen-bond acceptors (Lipinski definition) is 3. The van der Waals surface area contributed by atoms with Gasteiger partial charge in [-0.15, -0.1) is 11.3 Å². The Hall–Kier alpha value is -1.36. The average Bonchev–Trinajstić information content (AvgIpc) is 2.81. The van der Waals surface area contributed by atoms with Crippen LogP contribution in [0.3, 0.4) is 0 Å². The van der Waals surface area contributed by atoms with Gasteiger partial charge in [-0.25, -0.2) is 0 Å². The largest absolute Gasteiger partial charge is 0.481 e. The van der Waals surface area contributed by atoms with Crippen LogP contribution in [0, 0.1) is 0 Å². The maximum atomic E-state index is 12.2. The number of carbonyl (C=O) groups is 2. The fourth-order valence-electron chi connectivity index (χ4n) is 1.50. The lowest BCUT2D eigenvalue weighted by atomic mass is 10.2. The monoisotopic (exact) mass is 255 g/mol. The molecule has 1 atom stereocenters. The van der Waals surface area contributed by atoms with Crippen molar-refractivity contribution in [3.05, 3.63) is 22.4 Å². The average molecular weight is 255 g/mol. The highest BCUT2D eigenvalue weighted by Gasteiger charge is 2.21. The van der Waals surface area contributed by atoms with Crippen molar-refractivity contribution in [3.8, 4) is 0 Å². The molecule has 1 aromatic rings. The first-order valence-electron chi connectivity index (χ1n) is 5.62. The molecule has 0 saturated carbocycles. The molecule has 1 aromatic heterocycles. The van der Waals surface area contributed by atoms with E-state index < -0.39 is 5.97 Å². The van der Waals surface area contributed by atoms with Crippen LogP contribution in [0.25, 0.3) is 0 Å². The second-order valence-electron chi connectivity index (χ2n) is 3.88. The minimum atomic E-state index is -0.878. The Kier molecular flexibility index (Phi) is 5.15. The standard InChI is InChI=1S/C12H17NO3S/c1-3-9(2)13(7-6-11(14)15)12(16)10-5-4-8-17-10/h4-5,8-9H,3,6-7H2,1-2H3,(H,14,15). The van der Waals surface area contributed by atoms with E-state index in [0.717, 1.165) is 6.42 Å². The van der Waals surface area contributed by atoms with Crippen LogP contribution in [0.4, 0.5) is 0 Å². The van der Waals surface area contributed by atoms with Crippen molar-refractivity contribution >= 4 is 23.2 Å². The molecule has 17 heavy (non-hydrogen) atoms. The molecule has 5 heteroatoms. The van der Waals surface area contributed by atoms with E-state index in [1.807, 2.05) is 25.3 Å². The van der Waals surface area contributed by atoms with Crippen molar-refractivity contribution < 1.29 is 14.7 Å². The van der Waals surface area contributed by atoms with E-state index in [2.05, 4.69) is 0 Å². The minimum Gasteiger partial charge on any atom is -0.481 e. The van der Waals surface area contributed by atoms with Crippen molar-refractivity contribution in [2.75, 3.05) is 6.54 Å². The van der Waals surface area contributed by atoms with Crippen LogP contribution < -0.4 is 0 Å². The van der Waals surface area contributed by atoms with E-state index in [1.165, 1.54) is 11.3 Å². The maximum absolute atomic E-state index is 12.2. The van der Waals surface area contributed by atoms with E-state index in [4.69, 9.17) is 5.11 Å². The number of thiophene rings is 1. The number of rotatable bonds is 6. The van der Waals surface area contributed by atoms with Crippen molar-refractivity contribution in [2.45, 2.75) is 32.7 Å². The maximum Gasteiger partial charge on any atom is 0.305 e. The van der Waals surface area contributed by atoms with E-state index in [-0.39, 0.29) is 24.9 Å². The summed E-state index contributed by atoms with van der Waals surface area (Å²) in [5.74, 6) is -0.951. The summed E-state index contributed by atoms with van der Waals surface area (Å²) in [7, 11) is 0. The molecule has 1 amide bonds. The van der Waals surface area contributed by atoms with Gasteiger partial charge in [-0.05, 0) is 24.8 Å². The summed E-state index contributed by atoms with van der Waals surface area (Å²) < 4.78 is 0. The number of nitrogens with zero attached hydrogens (tertiary/aromatic N) is 1. The summed E-state index contributed by atoms with van der Waals surface area (Å²) in [6.45, 7) is 4.19. The molecule has 0 saturated heterocycles. The molecule has 0 bridgehead atoms. The highest BCUT2D eigenvalue weighted by atomic mass is 32.1. The highest BCUT2D eigenvalue weighted by molar-refractivity contribution is 7.12. The lowest BCUT2D eigenvalue weighted by Crippen LogP contribution is -2.39. The SMILES string of the molecule is CCC(C)N(CCC(=O)O)C(=O)c1cccs1. The zero-order valence-corrected chi connectivity index (χ0v) is 10.9. The zero-order chi connectivity index (χ0) is 12.8. The molecule has 94 valence electrons. The zero-order valence-electron chi connectivity index (χ0n) is 10.0. The molecule has 1 N–H and O–H groups in total. The van der Waals surface area contributed by atoms with Crippen molar-refractivity contribution in [2.24, 2.45) is 0 Å². The molecule has 1 heterocycles. The topological polar surface area (TPSA) is 57.6 Å². The Labute approximate surface area is 105 Å². The third-order valence-electron chi connectivity index (χ3n) is 2.68. The lowest BCUT2D eigenvalue weighted by molar-refractivity contribution is -0.137. The highest BCUT2D eigenvalue weighted by Crippen LogP contribution is 2.15. The number of carboxylic acids is 1. The van der Waals surface area contributed by atoms with Crippen molar-refractivity contribution in [1.82, 2.24) is 4.90 Å². The number of hydrogen-bond donors (Lipinski definition) is 1. The molecular formula is C12H17NO3S. The van der Waals surface area contributed by atoms with Gasteiger partial charge in [0.25, 0.3) is 5.91 Å². The number of carboxylic acid groups (broad SMARTS) is 1. The fourth-order valence-corrected chi connectivity index (χ4v) is 2.18.